The van der Waals surface area contributed by atoms with Crippen molar-refractivity contribution >= 4 is 0 Å². The van der Waals surface area contributed by atoms with Crippen LogP contribution in [0.4, 0.5) is 0 Å². The third-order valence-electron chi connectivity index (χ3n) is 9.92. The van der Waals surface area contributed by atoms with Gasteiger partial charge in [0.25, 0.3) is 0 Å². The van der Waals surface area contributed by atoms with Crippen LogP contribution in [0.3, 0.4) is 0 Å². The third-order valence-corrected chi connectivity index (χ3v) is 9.92. The van der Waals surface area contributed by atoms with Crippen LogP contribution >= 0.6 is 0 Å². The molecule has 1 saturated heterocycles. The lowest BCUT2D eigenvalue weighted by molar-refractivity contribution is 0.0281. The summed E-state index contributed by atoms with van der Waals surface area (Å²) in [4.78, 5) is 0. The molecule has 0 aromatic heterocycles. The second-order valence-electron chi connectivity index (χ2n) is 13.1. The van der Waals surface area contributed by atoms with Crippen molar-refractivity contribution in [3.05, 3.63) is 95.1 Å². The molecule has 0 spiro atoms. The number of aliphatic hydroxyl groups is 2. The highest BCUT2D eigenvalue weighted by Crippen LogP contribution is 2.51. The largest absolute Gasteiger partial charge is 0.504 e. The van der Waals surface area contributed by atoms with Crippen molar-refractivity contribution in [3.8, 4) is 46.0 Å². The third kappa shape index (κ3) is 7.96. The molecule has 280 valence electrons. The summed E-state index contributed by atoms with van der Waals surface area (Å²) in [5, 5.41) is 32.2. The van der Waals surface area contributed by atoms with Crippen LogP contribution in [0.1, 0.15) is 74.4 Å². The maximum absolute atomic E-state index is 11.1. The van der Waals surface area contributed by atoms with E-state index in [9.17, 15) is 15.3 Å². The maximum atomic E-state index is 11.1. The molecular weight excluding hydrogens is 668 g/mol. The summed E-state index contributed by atoms with van der Waals surface area (Å²) in [6, 6.07) is 21.4. The van der Waals surface area contributed by atoms with Crippen LogP contribution in [0, 0.1) is 11.8 Å². The summed E-state index contributed by atoms with van der Waals surface area (Å²) in [6.07, 6.45) is -3.66. The van der Waals surface area contributed by atoms with Gasteiger partial charge in [-0.05, 0) is 96.5 Å². The zero-order chi connectivity index (χ0) is 37.7. The molecule has 1 aliphatic heterocycles. The maximum Gasteiger partial charge on any atom is 0.161 e. The zero-order valence-electron chi connectivity index (χ0n) is 31.2. The van der Waals surface area contributed by atoms with Gasteiger partial charge in [-0.3, -0.25) is 0 Å². The number of aliphatic hydroxyl groups excluding tert-OH is 2. The first-order valence-corrected chi connectivity index (χ1v) is 17.2. The summed E-state index contributed by atoms with van der Waals surface area (Å²) in [5.41, 5.74) is 3.00. The smallest absolute Gasteiger partial charge is 0.161 e. The van der Waals surface area contributed by atoms with Gasteiger partial charge in [0.15, 0.2) is 46.0 Å². The van der Waals surface area contributed by atoms with Gasteiger partial charge in [-0.25, -0.2) is 0 Å². The average Bonchev–Trinajstić information content (AvgIpc) is 3.46. The minimum atomic E-state index is -1.01. The highest BCUT2D eigenvalue weighted by atomic mass is 16.5. The van der Waals surface area contributed by atoms with Gasteiger partial charge in [-0.2, -0.15) is 0 Å². The Hall–Kier alpha value is -4.84. The summed E-state index contributed by atoms with van der Waals surface area (Å²) in [7, 11) is 7.74. The van der Waals surface area contributed by atoms with E-state index in [4.69, 9.17) is 37.9 Å². The van der Waals surface area contributed by atoms with Crippen LogP contribution in [0.15, 0.2) is 72.8 Å². The minimum Gasteiger partial charge on any atom is -0.504 e. The second kappa shape index (κ2) is 16.7. The molecule has 0 aliphatic carbocycles. The van der Waals surface area contributed by atoms with E-state index in [0.717, 1.165) is 11.1 Å². The predicted molar refractivity (Wildman–Crippen MR) is 195 cm³/mol. The molecule has 3 N–H and O–H groups in total. The highest BCUT2D eigenvalue weighted by Gasteiger charge is 2.41. The Bertz CT molecular complexity index is 1810. The van der Waals surface area contributed by atoms with Gasteiger partial charge in [0.1, 0.15) is 24.4 Å². The fourth-order valence-corrected chi connectivity index (χ4v) is 6.64. The number of ether oxygens (including phenoxy) is 8. The normalized spacial score (nSPS) is 20.7. The number of phenols is 1. The average molecular weight is 719 g/mol. The first-order chi connectivity index (χ1) is 24.9. The molecule has 8 atom stereocenters. The Balaban J connectivity index is 1.29. The molecule has 4 aromatic rings. The molecule has 0 amide bonds. The van der Waals surface area contributed by atoms with Gasteiger partial charge in [0.05, 0.1) is 47.8 Å². The number of rotatable bonds is 15. The minimum absolute atomic E-state index is 0.0639. The molecule has 4 aromatic carbocycles. The molecule has 0 radical (unpaired) electrons. The van der Waals surface area contributed by atoms with Crippen molar-refractivity contribution in [2.24, 2.45) is 11.8 Å². The van der Waals surface area contributed by atoms with Gasteiger partial charge in [0.2, 0.25) is 0 Å². The quantitative estimate of drug-likeness (QED) is 0.113. The van der Waals surface area contributed by atoms with Crippen LogP contribution < -0.4 is 33.2 Å². The van der Waals surface area contributed by atoms with Crippen molar-refractivity contribution in [2.45, 2.75) is 64.3 Å². The highest BCUT2D eigenvalue weighted by molar-refractivity contribution is 5.47. The van der Waals surface area contributed by atoms with Gasteiger partial charge in [0, 0.05) is 0 Å². The molecule has 0 saturated carbocycles. The van der Waals surface area contributed by atoms with Crippen molar-refractivity contribution < 1.29 is 53.2 Å². The first kappa shape index (κ1) is 38.4. The first-order valence-electron chi connectivity index (χ1n) is 17.2. The Morgan fingerprint density at radius 2 is 0.885 bits per heavy atom. The fourth-order valence-electron chi connectivity index (χ4n) is 6.64. The van der Waals surface area contributed by atoms with E-state index >= 15 is 0 Å². The standard InChI is InChI=1S/C41H50O11/c1-22-23(2)41(29-13-17-34(37(21-29)49-9)51-25(4)39(44)27-11-15-32(46-6)35(19-27)47-7)52-40(22)28-12-16-33(36(20-28)48-8)50-24(3)38(43)26-10-14-31(45-5)30(42)18-26/h10-25,38-44H,1-9H3/t22-,23-,24-,25-,38+,39+,40+,41+/m1/s1. The summed E-state index contributed by atoms with van der Waals surface area (Å²) < 4.78 is 46.4. The molecule has 0 unspecified atom stereocenters. The zero-order valence-corrected chi connectivity index (χ0v) is 31.2. The lowest BCUT2D eigenvalue weighted by Crippen LogP contribution is -2.22. The van der Waals surface area contributed by atoms with E-state index in [1.165, 1.54) is 13.2 Å². The molecule has 11 heteroatoms. The molecular formula is C41H50O11. The van der Waals surface area contributed by atoms with E-state index in [-0.39, 0.29) is 29.8 Å². The number of hydrogen-bond acceptors (Lipinski definition) is 11. The topological polar surface area (TPSA) is 135 Å². The van der Waals surface area contributed by atoms with Crippen LogP contribution in [-0.4, -0.2) is 63.1 Å². The Kier molecular flexibility index (Phi) is 12.3. The molecule has 1 heterocycles. The van der Waals surface area contributed by atoms with Crippen molar-refractivity contribution in [2.75, 3.05) is 35.5 Å². The number of aromatic hydroxyl groups is 1. The van der Waals surface area contributed by atoms with E-state index in [2.05, 4.69) is 13.8 Å². The second-order valence-corrected chi connectivity index (χ2v) is 13.1. The van der Waals surface area contributed by atoms with Gasteiger partial charge >= 0.3 is 0 Å². The molecule has 1 aliphatic rings. The monoisotopic (exact) mass is 718 g/mol. The summed E-state index contributed by atoms with van der Waals surface area (Å²) >= 11 is 0. The van der Waals surface area contributed by atoms with Crippen LogP contribution in [-0.2, 0) is 4.74 Å². The Labute approximate surface area is 305 Å². The number of phenolic OH excluding ortho intramolecular Hbond substituents is 1. The Morgan fingerprint density at radius 1 is 0.500 bits per heavy atom. The SMILES string of the molecule is COc1ccc([C@@H](O)[C@@H](C)Oc2ccc([C@H]3O[C@H](c4ccc(O[C@H](C)[C@H](O)c5ccc(OC)c(OC)c5)c(OC)c4)[C@H](C)[C@H]3C)cc2OC)cc1O. The van der Waals surface area contributed by atoms with E-state index in [0.29, 0.717) is 51.4 Å². The Morgan fingerprint density at radius 3 is 1.31 bits per heavy atom. The van der Waals surface area contributed by atoms with Crippen LogP contribution in [0.2, 0.25) is 0 Å². The predicted octanol–water partition coefficient (Wildman–Crippen LogP) is 7.52. The van der Waals surface area contributed by atoms with E-state index < -0.39 is 24.4 Å². The van der Waals surface area contributed by atoms with Crippen molar-refractivity contribution in [1.29, 1.82) is 0 Å². The molecule has 0 bridgehead atoms. The molecule has 1 fully saturated rings. The van der Waals surface area contributed by atoms with E-state index in [1.807, 2.05) is 36.4 Å². The summed E-state index contributed by atoms with van der Waals surface area (Å²) in [6.45, 7) is 7.88. The van der Waals surface area contributed by atoms with E-state index in [1.54, 1.807) is 72.6 Å². The van der Waals surface area contributed by atoms with Crippen LogP contribution in [0.5, 0.6) is 46.0 Å². The fraction of sp³-hybridized carbons (Fsp3) is 0.415. The molecule has 52 heavy (non-hydrogen) atoms. The summed E-state index contributed by atoms with van der Waals surface area (Å²) in [5.74, 6) is 3.67. The van der Waals surface area contributed by atoms with Gasteiger partial charge in [-0.1, -0.05) is 38.1 Å². The van der Waals surface area contributed by atoms with Gasteiger partial charge < -0.3 is 53.2 Å². The van der Waals surface area contributed by atoms with Crippen LogP contribution in [0.25, 0.3) is 0 Å². The lowest BCUT2D eigenvalue weighted by atomic mass is 9.85. The number of methoxy groups -OCH3 is 5. The lowest BCUT2D eigenvalue weighted by Gasteiger charge is -2.24. The number of hydrogen-bond donors (Lipinski definition) is 3. The number of benzene rings is 4. The molecule has 11 nitrogen and oxygen atoms in total. The van der Waals surface area contributed by atoms with Crippen molar-refractivity contribution in [3.63, 3.8) is 0 Å². The van der Waals surface area contributed by atoms with Gasteiger partial charge in [-0.15, -0.1) is 0 Å². The molecule has 5 rings (SSSR count). The van der Waals surface area contributed by atoms with Crippen molar-refractivity contribution in [1.82, 2.24) is 0 Å².